The molecule has 0 amide bonds. The van der Waals surface area contributed by atoms with Gasteiger partial charge in [-0.15, -0.1) is 11.3 Å². The van der Waals surface area contributed by atoms with Crippen molar-refractivity contribution in [2.75, 3.05) is 20.1 Å². The Bertz CT molecular complexity index is 586. The van der Waals surface area contributed by atoms with Gasteiger partial charge in [0.25, 0.3) is 0 Å². The number of piperidine rings is 1. The van der Waals surface area contributed by atoms with Crippen LogP contribution in [0, 0.1) is 13.8 Å². The van der Waals surface area contributed by atoms with Crippen molar-refractivity contribution in [2.45, 2.75) is 45.7 Å². The molecule has 4 nitrogen and oxygen atoms in total. The van der Waals surface area contributed by atoms with Gasteiger partial charge in [-0.25, -0.2) is 4.98 Å². The third-order valence-electron chi connectivity index (χ3n) is 4.33. The Morgan fingerprint density at radius 1 is 1.40 bits per heavy atom. The van der Waals surface area contributed by atoms with Gasteiger partial charge in [-0.3, -0.25) is 4.40 Å². The van der Waals surface area contributed by atoms with Crippen LogP contribution in [0.2, 0.25) is 0 Å². The highest BCUT2D eigenvalue weighted by molar-refractivity contribution is 7.17. The summed E-state index contributed by atoms with van der Waals surface area (Å²) < 4.78 is 2.24. The summed E-state index contributed by atoms with van der Waals surface area (Å²) in [6.45, 7) is 7.48. The lowest BCUT2D eigenvalue weighted by Crippen LogP contribution is -2.43. The Morgan fingerprint density at radius 2 is 2.25 bits per heavy atom. The third kappa shape index (κ3) is 2.75. The van der Waals surface area contributed by atoms with Crippen molar-refractivity contribution in [1.82, 2.24) is 19.6 Å². The molecule has 0 aliphatic carbocycles. The second-order valence-corrected chi connectivity index (χ2v) is 7.11. The van der Waals surface area contributed by atoms with Crippen molar-refractivity contribution in [2.24, 2.45) is 0 Å². The Kier molecular flexibility index (Phi) is 4.10. The van der Waals surface area contributed by atoms with E-state index in [1.165, 1.54) is 36.4 Å². The molecular formula is C15H24N4S. The maximum atomic E-state index is 4.65. The van der Waals surface area contributed by atoms with Crippen molar-refractivity contribution in [3.63, 3.8) is 0 Å². The van der Waals surface area contributed by atoms with Crippen LogP contribution in [0.4, 0.5) is 0 Å². The normalized spacial score (nSPS) is 20.9. The number of aryl methyl sites for hydroxylation is 2. The zero-order valence-corrected chi connectivity index (χ0v) is 13.5. The van der Waals surface area contributed by atoms with Crippen molar-refractivity contribution >= 4 is 16.3 Å². The third-order valence-corrected chi connectivity index (χ3v) is 5.23. The Morgan fingerprint density at radius 3 is 3.05 bits per heavy atom. The average molecular weight is 292 g/mol. The smallest absolute Gasteiger partial charge is 0.194 e. The van der Waals surface area contributed by atoms with Gasteiger partial charge in [0.2, 0.25) is 0 Å². The van der Waals surface area contributed by atoms with Gasteiger partial charge in [-0.1, -0.05) is 6.42 Å². The van der Waals surface area contributed by atoms with Crippen LogP contribution >= 0.6 is 11.3 Å². The molecule has 1 atom stereocenters. The second-order valence-electron chi connectivity index (χ2n) is 5.90. The summed E-state index contributed by atoms with van der Waals surface area (Å²) in [6.07, 6.45) is 6.24. The monoisotopic (exact) mass is 292 g/mol. The maximum Gasteiger partial charge on any atom is 0.194 e. The van der Waals surface area contributed by atoms with Crippen LogP contribution in [-0.4, -0.2) is 40.5 Å². The molecule has 0 spiro atoms. The molecule has 1 aliphatic rings. The predicted molar refractivity (Wildman–Crippen MR) is 84.5 cm³/mol. The quantitative estimate of drug-likeness (QED) is 0.940. The first-order valence-electron chi connectivity index (χ1n) is 7.50. The van der Waals surface area contributed by atoms with Crippen LogP contribution in [0.15, 0.2) is 6.20 Å². The highest BCUT2D eigenvalue weighted by atomic mass is 32.1. The van der Waals surface area contributed by atoms with Crippen LogP contribution in [0.25, 0.3) is 4.96 Å². The highest BCUT2D eigenvalue weighted by Gasteiger charge is 2.18. The number of likely N-dealkylation sites (N-methyl/N-ethyl adjacent to an activating group) is 1. The van der Waals surface area contributed by atoms with E-state index in [0.29, 0.717) is 6.04 Å². The average Bonchev–Trinajstić information content (AvgIpc) is 2.89. The van der Waals surface area contributed by atoms with Crippen LogP contribution in [0.3, 0.4) is 0 Å². The van der Waals surface area contributed by atoms with Crippen molar-refractivity contribution in [1.29, 1.82) is 0 Å². The summed E-state index contributed by atoms with van der Waals surface area (Å²) >= 11 is 1.76. The second kappa shape index (κ2) is 5.84. The largest absolute Gasteiger partial charge is 0.310 e. The summed E-state index contributed by atoms with van der Waals surface area (Å²) in [4.78, 5) is 9.57. The van der Waals surface area contributed by atoms with Crippen molar-refractivity contribution in [3.8, 4) is 0 Å². The van der Waals surface area contributed by atoms with E-state index in [4.69, 9.17) is 0 Å². The molecule has 0 aromatic carbocycles. The molecule has 1 N–H and O–H groups in total. The first-order chi connectivity index (χ1) is 9.65. The van der Waals surface area contributed by atoms with Gasteiger partial charge in [-0.2, -0.15) is 0 Å². The zero-order chi connectivity index (χ0) is 14.1. The fourth-order valence-electron chi connectivity index (χ4n) is 3.08. The van der Waals surface area contributed by atoms with Crippen molar-refractivity contribution < 1.29 is 0 Å². The van der Waals surface area contributed by atoms with Gasteiger partial charge in [-0.05, 0) is 40.3 Å². The number of aromatic nitrogens is 2. The van der Waals surface area contributed by atoms with Crippen LogP contribution in [-0.2, 0) is 6.54 Å². The first-order valence-corrected chi connectivity index (χ1v) is 8.31. The molecule has 3 rings (SSSR count). The minimum Gasteiger partial charge on any atom is -0.310 e. The summed E-state index contributed by atoms with van der Waals surface area (Å²) in [5.74, 6) is 0. The van der Waals surface area contributed by atoms with E-state index in [1.807, 2.05) is 0 Å². The number of likely N-dealkylation sites (tertiary alicyclic amines) is 1. The number of rotatable bonds is 4. The SMILES string of the molecule is Cc1cn2c(CNCC3CCCCN3C)c(C)nc2s1. The lowest BCUT2D eigenvalue weighted by molar-refractivity contribution is 0.181. The summed E-state index contributed by atoms with van der Waals surface area (Å²) in [7, 11) is 2.25. The van der Waals surface area contributed by atoms with E-state index < -0.39 is 0 Å². The fraction of sp³-hybridized carbons (Fsp3) is 0.667. The minimum absolute atomic E-state index is 0.691. The first kappa shape index (κ1) is 14.0. The number of thiazole rings is 1. The van der Waals surface area contributed by atoms with Gasteiger partial charge in [0.15, 0.2) is 4.96 Å². The van der Waals surface area contributed by atoms with E-state index >= 15 is 0 Å². The number of fused-ring (bicyclic) bond motifs is 1. The number of nitrogens with zero attached hydrogens (tertiary/aromatic N) is 3. The molecular weight excluding hydrogens is 268 g/mol. The number of hydrogen-bond donors (Lipinski definition) is 1. The molecule has 0 saturated carbocycles. The molecule has 0 radical (unpaired) electrons. The standard InChI is InChI=1S/C15H24N4S/c1-11-10-19-14(12(2)17-15(19)20-11)9-16-8-13-6-4-5-7-18(13)3/h10,13,16H,4-9H2,1-3H3. The van der Waals surface area contributed by atoms with Crippen LogP contribution in [0.1, 0.15) is 35.5 Å². The maximum absolute atomic E-state index is 4.65. The van der Waals surface area contributed by atoms with Crippen LogP contribution in [0.5, 0.6) is 0 Å². The fourth-order valence-corrected chi connectivity index (χ4v) is 3.97. The molecule has 110 valence electrons. The molecule has 2 aromatic rings. The minimum atomic E-state index is 0.691. The van der Waals surface area contributed by atoms with E-state index in [1.54, 1.807) is 11.3 Å². The van der Waals surface area contributed by atoms with E-state index in [-0.39, 0.29) is 0 Å². The summed E-state index contributed by atoms with van der Waals surface area (Å²) in [6, 6.07) is 0.691. The molecule has 20 heavy (non-hydrogen) atoms. The lowest BCUT2D eigenvalue weighted by Gasteiger charge is -2.32. The Labute approximate surface area is 124 Å². The zero-order valence-electron chi connectivity index (χ0n) is 12.6. The molecule has 3 heterocycles. The van der Waals surface area contributed by atoms with Gasteiger partial charge >= 0.3 is 0 Å². The molecule has 0 bridgehead atoms. The molecule has 1 fully saturated rings. The molecule has 1 unspecified atom stereocenters. The lowest BCUT2D eigenvalue weighted by atomic mass is 10.0. The topological polar surface area (TPSA) is 32.6 Å². The molecule has 1 aliphatic heterocycles. The summed E-state index contributed by atoms with van der Waals surface area (Å²) in [5.41, 5.74) is 2.46. The number of imidazole rings is 1. The molecule has 2 aromatic heterocycles. The predicted octanol–water partition coefficient (Wildman–Crippen LogP) is 2.59. The van der Waals surface area contributed by atoms with E-state index in [0.717, 1.165) is 23.7 Å². The van der Waals surface area contributed by atoms with Crippen molar-refractivity contribution in [3.05, 3.63) is 22.5 Å². The van der Waals surface area contributed by atoms with Gasteiger partial charge in [0.05, 0.1) is 11.4 Å². The Hall–Kier alpha value is -0.910. The van der Waals surface area contributed by atoms with Gasteiger partial charge < -0.3 is 10.2 Å². The number of hydrogen-bond acceptors (Lipinski definition) is 4. The highest BCUT2D eigenvalue weighted by Crippen LogP contribution is 2.20. The molecule has 1 saturated heterocycles. The van der Waals surface area contributed by atoms with Gasteiger partial charge in [0, 0.05) is 30.2 Å². The van der Waals surface area contributed by atoms with Gasteiger partial charge in [0.1, 0.15) is 0 Å². The molecule has 5 heteroatoms. The number of nitrogens with one attached hydrogen (secondary N) is 1. The summed E-state index contributed by atoms with van der Waals surface area (Å²) in [5, 5.41) is 3.63. The van der Waals surface area contributed by atoms with E-state index in [2.05, 4.69) is 46.7 Å². The van der Waals surface area contributed by atoms with Crippen LogP contribution < -0.4 is 5.32 Å². The Balaban J connectivity index is 1.63. The van der Waals surface area contributed by atoms with E-state index in [9.17, 15) is 0 Å².